The Balaban J connectivity index is 1.58. The predicted octanol–water partition coefficient (Wildman–Crippen LogP) is 4.04. The molecule has 10 heteroatoms. The Labute approximate surface area is 186 Å². The Morgan fingerprint density at radius 1 is 1.18 bits per heavy atom. The number of benzene rings is 2. The number of aromatic nitrogens is 5. The van der Waals surface area contributed by atoms with Gasteiger partial charge in [-0.15, -0.1) is 0 Å². The van der Waals surface area contributed by atoms with E-state index in [-0.39, 0.29) is 12.3 Å². The molecule has 0 fully saturated rings. The number of thiazole rings is 1. The van der Waals surface area contributed by atoms with Gasteiger partial charge in [0.2, 0.25) is 0 Å². The van der Waals surface area contributed by atoms with Gasteiger partial charge in [-0.05, 0) is 57.3 Å². The molecule has 0 spiro atoms. The lowest BCUT2D eigenvalue weighted by atomic mass is 10.2. The van der Waals surface area contributed by atoms with Crippen LogP contribution < -0.4 is 10.4 Å². The van der Waals surface area contributed by atoms with Crippen molar-refractivity contribution in [3.05, 3.63) is 71.9 Å². The molecule has 0 saturated carbocycles. The second-order valence-electron chi connectivity index (χ2n) is 5.83. The first-order valence-corrected chi connectivity index (χ1v) is 10.9. The standard InChI is InChI=1S/C18H13BrIN5O2S/c1-24-18(26)25(23-22-24)16-4-2-3-14(20)13(16)9-27-17-21-15(10-28-17)11-5-7-12(19)8-6-11/h2-8,10H,9H2,1H3. The maximum absolute atomic E-state index is 12.2. The highest BCUT2D eigenvalue weighted by Crippen LogP contribution is 2.29. The van der Waals surface area contributed by atoms with E-state index < -0.39 is 0 Å². The van der Waals surface area contributed by atoms with E-state index in [0.29, 0.717) is 10.9 Å². The van der Waals surface area contributed by atoms with Crippen LogP contribution >= 0.6 is 49.9 Å². The van der Waals surface area contributed by atoms with E-state index in [9.17, 15) is 4.79 Å². The number of nitrogens with zero attached hydrogens (tertiary/aromatic N) is 5. The van der Waals surface area contributed by atoms with Crippen molar-refractivity contribution >= 4 is 49.9 Å². The minimum atomic E-state index is -0.310. The zero-order valence-corrected chi connectivity index (χ0v) is 19.1. The van der Waals surface area contributed by atoms with Gasteiger partial charge in [0.1, 0.15) is 6.61 Å². The van der Waals surface area contributed by atoms with Crippen LogP contribution in [0.2, 0.25) is 0 Å². The summed E-state index contributed by atoms with van der Waals surface area (Å²) in [4.78, 5) is 16.8. The first-order chi connectivity index (χ1) is 13.5. The molecule has 0 N–H and O–H groups in total. The maximum atomic E-state index is 12.2. The quantitative estimate of drug-likeness (QED) is 0.339. The zero-order chi connectivity index (χ0) is 19.7. The van der Waals surface area contributed by atoms with E-state index in [1.807, 2.05) is 47.8 Å². The lowest BCUT2D eigenvalue weighted by Crippen LogP contribution is -2.23. The Kier molecular flexibility index (Phi) is 5.60. The van der Waals surface area contributed by atoms with Gasteiger partial charge in [-0.1, -0.05) is 45.5 Å². The number of tetrazole rings is 1. The molecule has 0 aliphatic carbocycles. The lowest BCUT2D eigenvalue weighted by Gasteiger charge is -2.10. The van der Waals surface area contributed by atoms with Crippen LogP contribution in [0.15, 0.2) is 57.1 Å². The normalized spacial score (nSPS) is 11.0. The van der Waals surface area contributed by atoms with Crippen molar-refractivity contribution in [3.63, 3.8) is 0 Å². The minimum absolute atomic E-state index is 0.269. The van der Waals surface area contributed by atoms with Crippen LogP contribution in [0.25, 0.3) is 16.9 Å². The highest BCUT2D eigenvalue weighted by atomic mass is 127. The third kappa shape index (κ3) is 3.89. The number of hydrogen-bond acceptors (Lipinski definition) is 6. The Morgan fingerprint density at radius 2 is 1.96 bits per heavy atom. The molecule has 28 heavy (non-hydrogen) atoms. The average Bonchev–Trinajstić information content (AvgIpc) is 3.29. The van der Waals surface area contributed by atoms with Crippen molar-refractivity contribution in [2.75, 3.05) is 0 Å². The number of aryl methyl sites for hydroxylation is 1. The molecule has 4 rings (SSSR count). The molecule has 142 valence electrons. The van der Waals surface area contributed by atoms with Gasteiger partial charge in [-0.3, -0.25) is 0 Å². The number of ether oxygens (including phenoxy) is 1. The van der Waals surface area contributed by atoms with Crippen molar-refractivity contribution in [2.45, 2.75) is 6.61 Å². The highest BCUT2D eigenvalue weighted by molar-refractivity contribution is 14.1. The smallest absolute Gasteiger partial charge is 0.368 e. The van der Waals surface area contributed by atoms with Gasteiger partial charge in [0.05, 0.1) is 11.4 Å². The fourth-order valence-corrected chi connectivity index (χ4v) is 4.15. The summed E-state index contributed by atoms with van der Waals surface area (Å²) < 4.78 is 10.4. The van der Waals surface area contributed by atoms with E-state index in [0.717, 1.165) is 24.9 Å². The first kappa shape index (κ1) is 19.3. The summed E-state index contributed by atoms with van der Waals surface area (Å²) in [5.74, 6) is 0. The first-order valence-electron chi connectivity index (χ1n) is 8.14. The minimum Gasteiger partial charge on any atom is -0.465 e. The molecule has 0 bridgehead atoms. The molecular weight excluding hydrogens is 557 g/mol. The van der Waals surface area contributed by atoms with Gasteiger partial charge in [0.15, 0.2) is 0 Å². The molecule has 7 nitrogen and oxygen atoms in total. The number of halogens is 2. The van der Waals surface area contributed by atoms with Crippen molar-refractivity contribution in [2.24, 2.45) is 7.05 Å². The average molecular weight is 570 g/mol. The van der Waals surface area contributed by atoms with Crippen LogP contribution in [0.5, 0.6) is 5.19 Å². The van der Waals surface area contributed by atoms with Crippen molar-refractivity contribution < 1.29 is 4.74 Å². The maximum Gasteiger partial charge on any atom is 0.368 e. The summed E-state index contributed by atoms with van der Waals surface area (Å²) >= 11 is 7.09. The topological polar surface area (TPSA) is 74.8 Å². The zero-order valence-electron chi connectivity index (χ0n) is 14.5. The third-order valence-electron chi connectivity index (χ3n) is 4.01. The van der Waals surface area contributed by atoms with Crippen LogP contribution in [0.3, 0.4) is 0 Å². The highest BCUT2D eigenvalue weighted by Gasteiger charge is 2.15. The number of hydrogen-bond donors (Lipinski definition) is 0. The van der Waals surface area contributed by atoms with Crippen molar-refractivity contribution in [3.8, 4) is 22.1 Å². The molecule has 0 aliphatic heterocycles. The molecular formula is C18H13BrIN5O2S. The Morgan fingerprint density at radius 3 is 2.68 bits per heavy atom. The van der Waals surface area contributed by atoms with E-state index in [4.69, 9.17) is 4.74 Å². The third-order valence-corrected chi connectivity index (χ3v) is 6.30. The summed E-state index contributed by atoms with van der Waals surface area (Å²) in [6, 6.07) is 13.6. The second kappa shape index (κ2) is 8.13. The molecule has 4 aromatic rings. The van der Waals surface area contributed by atoms with Gasteiger partial charge >= 0.3 is 5.69 Å². The van der Waals surface area contributed by atoms with Crippen LogP contribution in [-0.4, -0.2) is 24.8 Å². The molecule has 2 heterocycles. The molecule has 0 aliphatic rings. The lowest BCUT2D eigenvalue weighted by molar-refractivity contribution is 0.303. The summed E-state index contributed by atoms with van der Waals surface area (Å²) in [7, 11) is 1.56. The van der Waals surface area contributed by atoms with E-state index in [1.165, 1.54) is 20.7 Å². The van der Waals surface area contributed by atoms with E-state index >= 15 is 0 Å². The van der Waals surface area contributed by atoms with E-state index in [1.54, 1.807) is 7.05 Å². The molecule has 0 saturated heterocycles. The predicted molar refractivity (Wildman–Crippen MR) is 119 cm³/mol. The summed E-state index contributed by atoms with van der Waals surface area (Å²) in [6.07, 6.45) is 0. The monoisotopic (exact) mass is 569 g/mol. The summed E-state index contributed by atoms with van der Waals surface area (Å²) in [5, 5.41) is 10.2. The molecule has 2 aromatic carbocycles. The number of rotatable bonds is 5. The fraction of sp³-hybridized carbons (Fsp3) is 0.111. The van der Waals surface area contributed by atoms with Crippen molar-refractivity contribution in [1.82, 2.24) is 24.8 Å². The molecule has 0 unspecified atom stereocenters. The van der Waals surface area contributed by atoms with Gasteiger partial charge in [-0.25, -0.2) is 9.78 Å². The van der Waals surface area contributed by atoms with Crippen LogP contribution in [0.4, 0.5) is 0 Å². The molecule has 0 amide bonds. The van der Waals surface area contributed by atoms with Crippen molar-refractivity contribution in [1.29, 1.82) is 0 Å². The van der Waals surface area contributed by atoms with Gasteiger partial charge < -0.3 is 4.74 Å². The van der Waals surface area contributed by atoms with E-state index in [2.05, 4.69) is 53.9 Å². The molecule has 0 atom stereocenters. The van der Waals surface area contributed by atoms with Gasteiger partial charge in [-0.2, -0.15) is 9.36 Å². The Hall–Kier alpha value is -2.05. The van der Waals surface area contributed by atoms with Crippen LogP contribution in [0, 0.1) is 3.57 Å². The van der Waals surface area contributed by atoms with Crippen LogP contribution in [0.1, 0.15) is 5.56 Å². The Bertz CT molecular complexity index is 1190. The summed E-state index contributed by atoms with van der Waals surface area (Å²) in [6.45, 7) is 0.269. The van der Waals surface area contributed by atoms with Gasteiger partial charge in [0, 0.05) is 31.6 Å². The van der Waals surface area contributed by atoms with Crippen LogP contribution in [-0.2, 0) is 13.7 Å². The molecule has 2 aromatic heterocycles. The largest absolute Gasteiger partial charge is 0.465 e. The van der Waals surface area contributed by atoms with Gasteiger partial charge in [0.25, 0.3) is 5.19 Å². The fourth-order valence-electron chi connectivity index (χ4n) is 2.56. The SMILES string of the molecule is Cn1nnn(-c2cccc(I)c2COc2nc(-c3ccc(Br)cc3)cs2)c1=O. The molecule has 0 radical (unpaired) electrons. The second-order valence-corrected chi connectivity index (χ2v) is 8.73. The summed E-state index contributed by atoms with van der Waals surface area (Å²) in [5.41, 5.74) is 3.08.